The van der Waals surface area contributed by atoms with Crippen molar-refractivity contribution in [2.45, 2.75) is 13.5 Å². The molecule has 4 rings (SSSR count). The standard InChI is InChI=1S/C22H17FN2OS/c1-15-7-9-17(10-8-15)21(26)25(14-16-5-3-2-4-6-16)22-24-19-12-11-18(23)13-20(19)27-22/h2-13H,14H2,1H3. The first-order valence-electron chi connectivity index (χ1n) is 8.59. The Balaban J connectivity index is 1.76. The molecule has 0 aliphatic rings. The summed E-state index contributed by atoms with van der Waals surface area (Å²) < 4.78 is 14.3. The highest BCUT2D eigenvalue weighted by Crippen LogP contribution is 2.31. The van der Waals surface area contributed by atoms with E-state index in [9.17, 15) is 9.18 Å². The normalized spacial score (nSPS) is 10.9. The Bertz CT molecular complexity index is 1090. The smallest absolute Gasteiger partial charge is 0.260 e. The molecule has 5 heteroatoms. The Kier molecular flexibility index (Phi) is 4.69. The number of anilines is 1. The van der Waals surface area contributed by atoms with E-state index in [-0.39, 0.29) is 11.7 Å². The van der Waals surface area contributed by atoms with Crippen LogP contribution in [-0.4, -0.2) is 10.9 Å². The molecule has 0 spiro atoms. The molecule has 3 aromatic carbocycles. The van der Waals surface area contributed by atoms with Crippen LogP contribution >= 0.6 is 11.3 Å². The molecule has 0 radical (unpaired) electrons. The van der Waals surface area contributed by atoms with Crippen molar-refractivity contribution in [1.82, 2.24) is 4.98 Å². The quantitative estimate of drug-likeness (QED) is 0.465. The summed E-state index contributed by atoms with van der Waals surface area (Å²) in [7, 11) is 0. The second kappa shape index (κ2) is 7.29. The molecule has 0 bridgehead atoms. The summed E-state index contributed by atoms with van der Waals surface area (Å²) in [5.41, 5.74) is 3.38. The van der Waals surface area contributed by atoms with E-state index < -0.39 is 0 Å². The zero-order valence-electron chi connectivity index (χ0n) is 14.7. The van der Waals surface area contributed by atoms with Gasteiger partial charge >= 0.3 is 0 Å². The summed E-state index contributed by atoms with van der Waals surface area (Å²) in [6.45, 7) is 2.38. The van der Waals surface area contributed by atoms with Crippen LogP contribution in [0, 0.1) is 12.7 Å². The van der Waals surface area contributed by atoms with Gasteiger partial charge in [0.25, 0.3) is 5.91 Å². The number of carbonyl (C=O) groups is 1. The van der Waals surface area contributed by atoms with Crippen molar-refractivity contribution in [3.63, 3.8) is 0 Å². The average Bonchev–Trinajstić information content (AvgIpc) is 3.10. The van der Waals surface area contributed by atoms with Gasteiger partial charge in [-0.05, 0) is 42.8 Å². The second-order valence-corrected chi connectivity index (χ2v) is 7.36. The van der Waals surface area contributed by atoms with Crippen LogP contribution in [-0.2, 0) is 6.54 Å². The molecule has 27 heavy (non-hydrogen) atoms. The van der Waals surface area contributed by atoms with E-state index in [2.05, 4.69) is 4.98 Å². The van der Waals surface area contributed by atoms with Crippen molar-refractivity contribution in [3.05, 3.63) is 95.3 Å². The molecule has 0 saturated heterocycles. The molecule has 3 nitrogen and oxygen atoms in total. The molecule has 0 N–H and O–H groups in total. The summed E-state index contributed by atoms with van der Waals surface area (Å²) in [6, 6.07) is 21.7. The zero-order chi connectivity index (χ0) is 18.8. The van der Waals surface area contributed by atoms with Crippen molar-refractivity contribution in [2.24, 2.45) is 0 Å². The number of hydrogen-bond acceptors (Lipinski definition) is 3. The third-order valence-corrected chi connectivity index (χ3v) is 5.34. The van der Waals surface area contributed by atoms with Crippen molar-refractivity contribution in [1.29, 1.82) is 0 Å². The van der Waals surface area contributed by atoms with E-state index in [0.29, 0.717) is 22.8 Å². The lowest BCUT2D eigenvalue weighted by atomic mass is 10.1. The molecule has 0 saturated carbocycles. The average molecular weight is 376 g/mol. The molecule has 0 fully saturated rings. The van der Waals surface area contributed by atoms with Crippen LogP contribution in [0.2, 0.25) is 0 Å². The number of amides is 1. The van der Waals surface area contributed by atoms with Crippen LogP contribution in [0.15, 0.2) is 72.8 Å². The fourth-order valence-corrected chi connectivity index (χ4v) is 3.83. The number of aromatic nitrogens is 1. The second-order valence-electron chi connectivity index (χ2n) is 6.35. The van der Waals surface area contributed by atoms with Gasteiger partial charge in [0, 0.05) is 5.56 Å². The van der Waals surface area contributed by atoms with Gasteiger partial charge in [-0.1, -0.05) is 59.4 Å². The highest BCUT2D eigenvalue weighted by Gasteiger charge is 2.21. The van der Waals surface area contributed by atoms with Crippen molar-refractivity contribution in [3.8, 4) is 0 Å². The van der Waals surface area contributed by atoms with E-state index in [1.54, 1.807) is 11.0 Å². The van der Waals surface area contributed by atoms with Crippen LogP contribution in [0.4, 0.5) is 9.52 Å². The van der Waals surface area contributed by atoms with Crippen molar-refractivity contribution < 1.29 is 9.18 Å². The SMILES string of the molecule is Cc1ccc(C(=O)N(Cc2ccccc2)c2nc3ccc(F)cc3s2)cc1. The molecule has 0 aliphatic carbocycles. The van der Waals surface area contributed by atoms with Crippen LogP contribution in [0.5, 0.6) is 0 Å². The number of aryl methyl sites for hydroxylation is 1. The zero-order valence-corrected chi connectivity index (χ0v) is 15.5. The third kappa shape index (κ3) is 3.73. The van der Waals surface area contributed by atoms with Crippen LogP contribution in [0.25, 0.3) is 10.2 Å². The van der Waals surface area contributed by atoms with E-state index in [1.807, 2.05) is 61.5 Å². The fraction of sp³-hybridized carbons (Fsp3) is 0.0909. The molecule has 134 valence electrons. The van der Waals surface area contributed by atoms with Crippen LogP contribution in [0.1, 0.15) is 21.5 Å². The number of fused-ring (bicyclic) bond motifs is 1. The van der Waals surface area contributed by atoms with E-state index in [1.165, 1.54) is 23.5 Å². The van der Waals surface area contributed by atoms with Gasteiger partial charge < -0.3 is 0 Å². The van der Waals surface area contributed by atoms with Gasteiger partial charge in [0.05, 0.1) is 16.8 Å². The monoisotopic (exact) mass is 376 g/mol. The maximum Gasteiger partial charge on any atom is 0.260 e. The van der Waals surface area contributed by atoms with E-state index in [0.717, 1.165) is 15.8 Å². The molecule has 0 aliphatic heterocycles. The van der Waals surface area contributed by atoms with Crippen molar-refractivity contribution in [2.75, 3.05) is 4.90 Å². The lowest BCUT2D eigenvalue weighted by molar-refractivity contribution is 0.0985. The number of nitrogens with zero attached hydrogens (tertiary/aromatic N) is 2. The predicted molar refractivity (Wildman–Crippen MR) is 108 cm³/mol. The lowest BCUT2D eigenvalue weighted by Gasteiger charge is -2.20. The first-order chi connectivity index (χ1) is 13.1. The minimum Gasteiger partial charge on any atom is -0.279 e. The highest BCUT2D eigenvalue weighted by atomic mass is 32.1. The van der Waals surface area contributed by atoms with Gasteiger partial charge in [-0.25, -0.2) is 9.37 Å². The molecular weight excluding hydrogens is 359 g/mol. The van der Waals surface area contributed by atoms with Gasteiger partial charge in [-0.3, -0.25) is 9.69 Å². The number of benzene rings is 3. The summed E-state index contributed by atoms with van der Waals surface area (Å²) in [5, 5.41) is 0.560. The van der Waals surface area contributed by atoms with E-state index in [4.69, 9.17) is 0 Å². The number of carbonyl (C=O) groups excluding carboxylic acids is 1. The Hall–Kier alpha value is -3.05. The largest absolute Gasteiger partial charge is 0.279 e. The highest BCUT2D eigenvalue weighted by molar-refractivity contribution is 7.22. The Morgan fingerprint density at radius 1 is 1.04 bits per heavy atom. The van der Waals surface area contributed by atoms with Gasteiger partial charge in [-0.2, -0.15) is 0 Å². The van der Waals surface area contributed by atoms with Crippen LogP contribution in [0.3, 0.4) is 0 Å². The summed E-state index contributed by atoms with van der Waals surface area (Å²) >= 11 is 1.32. The molecule has 0 atom stereocenters. The third-order valence-electron chi connectivity index (χ3n) is 4.30. The predicted octanol–water partition coefficient (Wildman–Crippen LogP) is 5.59. The van der Waals surface area contributed by atoms with Gasteiger partial charge in [-0.15, -0.1) is 0 Å². The lowest BCUT2D eigenvalue weighted by Crippen LogP contribution is -2.30. The maximum absolute atomic E-state index is 13.6. The molecule has 1 aromatic heterocycles. The molecular formula is C22H17FN2OS. The number of halogens is 1. The molecule has 0 unspecified atom stereocenters. The van der Waals surface area contributed by atoms with Crippen LogP contribution < -0.4 is 4.90 Å². The molecule has 4 aromatic rings. The number of hydrogen-bond donors (Lipinski definition) is 0. The maximum atomic E-state index is 13.6. The van der Waals surface area contributed by atoms with Crippen molar-refractivity contribution >= 4 is 32.6 Å². The number of thiazole rings is 1. The first kappa shape index (κ1) is 17.4. The summed E-state index contributed by atoms with van der Waals surface area (Å²) in [6.07, 6.45) is 0. The Morgan fingerprint density at radius 2 is 1.78 bits per heavy atom. The van der Waals surface area contributed by atoms with Gasteiger partial charge in [0.1, 0.15) is 5.82 Å². The van der Waals surface area contributed by atoms with Gasteiger partial charge in [0.15, 0.2) is 5.13 Å². The minimum atomic E-state index is -0.308. The Labute approximate surface area is 160 Å². The Morgan fingerprint density at radius 3 is 2.52 bits per heavy atom. The van der Waals surface area contributed by atoms with E-state index >= 15 is 0 Å². The minimum absolute atomic E-state index is 0.126. The number of rotatable bonds is 4. The van der Waals surface area contributed by atoms with Gasteiger partial charge in [0.2, 0.25) is 0 Å². The fourth-order valence-electron chi connectivity index (χ4n) is 2.85. The summed E-state index contributed by atoms with van der Waals surface area (Å²) in [4.78, 5) is 19.4. The summed E-state index contributed by atoms with van der Waals surface area (Å²) in [5.74, 6) is -0.435. The molecule has 1 heterocycles. The molecule has 1 amide bonds. The topological polar surface area (TPSA) is 33.2 Å². The first-order valence-corrected chi connectivity index (χ1v) is 9.40.